The molecular weight excluding hydrogens is 402 g/mol. The Morgan fingerprint density at radius 2 is 1.66 bits per heavy atom. The lowest BCUT2D eigenvalue weighted by Crippen LogP contribution is -2.28. The van der Waals surface area contributed by atoms with Gasteiger partial charge in [-0.1, -0.05) is 74.5 Å². The van der Waals surface area contributed by atoms with Crippen molar-refractivity contribution in [2.45, 2.75) is 32.5 Å². The van der Waals surface area contributed by atoms with Crippen LogP contribution in [0, 0.1) is 0 Å². The first-order chi connectivity index (χ1) is 15.5. The maximum atomic E-state index is 12.4. The lowest BCUT2D eigenvalue weighted by molar-refractivity contribution is 0.0885. The summed E-state index contributed by atoms with van der Waals surface area (Å²) in [6.07, 6.45) is -0.788. The fourth-order valence-electron chi connectivity index (χ4n) is 3.55. The van der Waals surface area contributed by atoms with E-state index in [1.807, 2.05) is 66.7 Å². The molecule has 32 heavy (non-hydrogen) atoms. The van der Waals surface area contributed by atoms with Gasteiger partial charge < -0.3 is 19.6 Å². The van der Waals surface area contributed by atoms with Crippen molar-refractivity contribution in [1.29, 1.82) is 0 Å². The largest absolute Gasteiger partial charge is 0.485 e. The average Bonchev–Trinajstić information content (AvgIpc) is 3.30. The number of aliphatic hydroxyl groups excluding tert-OH is 1. The first-order valence-corrected chi connectivity index (χ1v) is 10.8. The second-order valence-corrected chi connectivity index (χ2v) is 8.08. The minimum absolute atomic E-state index is 0.0996. The number of fused-ring (bicyclic) bond motifs is 1. The number of furan rings is 1. The van der Waals surface area contributed by atoms with Crippen molar-refractivity contribution in [2.24, 2.45) is 0 Å². The van der Waals surface area contributed by atoms with Crippen LogP contribution in [0.3, 0.4) is 0 Å². The number of aliphatic hydroxyl groups is 1. The first-order valence-electron chi connectivity index (χ1n) is 10.8. The van der Waals surface area contributed by atoms with E-state index in [-0.39, 0.29) is 24.8 Å². The number of nitrogens with one attached hydrogen (secondary N) is 1. The fraction of sp³-hybridized carbons (Fsp3) is 0.222. The second kappa shape index (κ2) is 9.71. The Balaban J connectivity index is 1.32. The zero-order valence-corrected chi connectivity index (χ0v) is 18.2. The van der Waals surface area contributed by atoms with Gasteiger partial charge in [-0.05, 0) is 40.6 Å². The Labute approximate surface area is 187 Å². The van der Waals surface area contributed by atoms with Gasteiger partial charge in [0.1, 0.15) is 18.1 Å². The summed E-state index contributed by atoms with van der Waals surface area (Å²) in [5.41, 5.74) is 1.97. The van der Waals surface area contributed by atoms with Crippen molar-refractivity contribution in [3.8, 4) is 5.75 Å². The second-order valence-electron chi connectivity index (χ2n) is 8.08. The van der Waals surface area contributed by atoms with Crippen LogP contribution in [0.5, 0.6) is 5.75 Å². The fourth-order valence-corrected chi connectivity index (χ4v) is 3.55. The van der Waals surface area contributed by atoms with Crippen molar-refractivity contribution in [3.63, 3.8) is 0 Å². The van der Waals surface area contributed by atoms with Crippen LogP contribution in [0.15, 0.2) is 83.3 Å². The molecule has 1 amide bonds. The van der Waals surface area contributed by atoms with E-state index in [2.05, 4.69) is 19.2 Å². The van der Waals surface area contributed by atoms with Crippen molar-refractivity contribution < 1.29 is 19.1 Å². The summed E-state index contributed by atoms with van der Waals surface area (Å²) in [6.45, 7) is 4.56. The Morgan fingerprint density at radius 1 is 0.938 bits per heavy atom. The molecule has 0 aliphatic carbocycles. The van der Waals surface area contributed by atoms with Crippen molar-refractivity contribution in [1.82, 2.24) is 5.32 Å². The highest BCUT2D eigenvalue weighted by Crippen LogP contribution is 2.26. The third kappa shape index (κ3) is 5.01. The molecule has 0 radical (unpaired) electrons. The quantitative estimate of drug-likeness (QED) is 0.382. The average molecular weight is 430 g/mol. The molecule has 0 fully saturated rings. The normalized spacial score (nSPS) is 12.1. The summed E-state index contributed by atoms with van der Waals surface area (Å²) < 4.78 is 11.6. The van der Waals surface area contributed by atoms with Gasteiger partial charge in [0, 0.05) is 11.9 Å². The molecule has 1 unspecified atom stereocenters. The van der Waals surface area contributed by atoms with Crippen LogP contribution < -0.4 is 10.1 Å². The molecule has 1 heterocycles. The number of rotatable bonds is 8. The molecule has 0 aliphatic rings. The summed E-state index contributed by atoms with van der Waals surface area (Å²) in [7, 11) is 0. The minimum atomic E-state index is -0.788. The van der Waals surface area contributed by atoms with E-state index in [0.29, 0.717) is 11.7 Å². The van der Waals surface area contributed by atoms with E-state index in [1.54, 1.807) is 12.1 Å². The maximum absolute atomic E-state index is 12.4. The molecule has 0 spiro atoms. The van der Waals surface area contributed by atoms with Gasteiger partial charge in [0.15, 0.2) is 5.76 Å². The molecule has 4 rings (SSSR count). The number of amides is 1. The van der Waals surface area contributed by atoms with E-state index in [1.165, 1.54) is 5.56 Å². The minimum Gasteiger partial charge on any atom is -0.485 e. The lowest BCUT2D eigenvalue weighted by atomic mass is 10.00. The van der Waals surface area contributed by atoms with Gasteiger partial charge in [0.2, 0.25) is 0 Å². The van der Waals surface area contributed by atoms with Crippen LogP contribution in [0.4, 0.5) is 0 Å². The molecule has 4 aromatic rings. The zero-order chi connectivity index (χ0) is 22.5. The van der Waals surface area contributed by atoms with E-state index in [0.717, 1.165) is 22.1 Å². The number of carbonyl (C=O) groups is 1. The topological polar surface area (TPSA) is 71.7 Å². The van der Waals surface area contributed by atoms with Crippen molar-refractivity contribution in [3.05, 3.63) is 102 Å². The third-order valence-electron chi connectivity index (χ3n) is 5.45. The molecule has 1 atom stereocenters. The molecule has 1 aromatic heterocycles. The van der Waals surface area contributed by atoms with Crippen LogP contribution in [-0.4, -0.2) is 17.6 Å². The highest BCUT2D eigenvalue weighted by molar-refractivity contribution is 5.91. The van der Waals surface area contributed by atoms with Gasteiger partial charge in [-0.25, -0.2) is 0 Å². The Morgan fingerprint density at radius 3 is 2.44 bits per heavy atom. The molecule has 0 saturated carbocycles. The van der Waals surface area contributed by atoms with Crippen molar-refractivity contribution >= 4 is 16.7 Å². The summed E-state index contributed by atoms with van der Waals surface area (Å²) in [6, 6.07) is 25.0. The Hall–Kier alpha value is -3.57. The number of hydrogen-bond acceptors (Lipinski definition) is 4. The summed E-state index contributed by atoms with van der Waals surface area (Å²) in [5.74, 6) is 1.55. The van der Waals surface area contributed by atoms with E-state index < -0.39 is 6.10 Å². The van der Waals surface area contributed by atoms with Gasteiger partial charge in [-0.3, -0.25) is 4.79 Å². The number of ether oxygens (including phenoxy) is 1. The molecule has 5 heteroatoms. The molecule has 5 nitrogen and oxygen atoms in total. The van der Waals surface area contributed by atoms with Gasteiger partial charge in [-0.2, -0.15) is 0 Å². The molecule has 3 aromatic carbocycles. The zero-order valence-electron chi connectivity index (χ0n) is 18.2. The maximum Gasteiger partial charge on any atom is 0.287 e. The van der Waals surface area contributed by atoms with Crippen LogP contribution in [-0.2, 0) is 6.61 Å². The first kappa shape index (κ1) is 21.7. The number of hydrogen-bond donors (Lipinski definition) is 2. The highest BCUT2D eigenvalue weighted by Gasteiger charge is 2.15. The molecule has 2 N–H and O–H groups in total. The Bertz CT molecular complexity index is 1190. The standard InChI is InChI=1S/C27H27NO4/c1-18(2)19-10-12-21(13-11-19)24(29)16-28-27(30)26-15-14-22(32-26)17-31-25-9-5-7-20-6-3-4-8-23(20)25/h3-15,18,24,29H,16-17H2,1-2H3,(H,28,30). The summed E-state index contributed by atoms with van der Waals surface area (Å²) in [5, 5.41) is 15.2. The van der Waals surface area contributed by atoms with Gasteiger partial charge >= 0.3 is 0 Å². The molecule has 0 bridgehead atoms. The SMILES string of the molecule is CC(C)c1ccc(C(O)CNC(=O)c2ccc(COc3cccc4ccccc34)o2)cc1. The molecular formula is C27H27NO4. The Kier molecular flexibility index (Phi) is 6.57. The number of benzene rings is 3. The van der Waals surface area contributed by atoms with E-state index in [4.69, 9.17) is 9.15 Å². The monoisotopic (exact) mass is 429 g/mol. The molecule has 0 saturated heterocycles. The van der Waals surface area contributed by atoms with E-state index >= 15 is 0 Å². The number of carbonyl (C=O) groups excluding carboxylic acids is 1. The van der Waals surface area contributed by atoms with Crippen molar-refractivity contribution in [2.75, 3.05) is 6.54 Å². The predicted octanol–water partition coefficient (Wildman–Crippen LogP) is 5.60. The smallest absolute Gasteiger partial charge is 0.287 e. The van der Waals surface area contributed by atoms with Crippen LogP contribution >= 0.6 is 0 Å². The van der Waals surface area contributed by atoms with Crippen LogP contribution in [0.2, 0.25) is 0 Å². The third-order valence-corrected chi connectivity index (χ3v) is 5.45. The van der Waals surface area contributed by atoms with Crippen LogP contribution in [0.25, 0.3) is 10.8 Å². The summed E-state index contributed by atoms with van der Waals surface area (Å²) >= 11 is 0. The van der Waals surface area contributed by atoms with Gasteiger partial charge in [-0.15, -0.1) is 0 Å². The predicted molar refractivity (Wildman–Crippen MR) is 125 cm³/mol. The lowest BCUT2D eigenvalue weighted by Gasteiger charge is -2.13. The van der Waals surface area contributed by atoms with Gasteiger partial charge in [0.25, 0.3) is 5.91 Å². The van der Waals surface area contributed by atoms with Gasteiger partial charge in [0.05, 0.1) is 6.10 Å². The van der Waals surface area contributed by atoms with E-state index in [9.17, 15) is 9.90 Å². The molecule has 0 aliphatic heterocycles. The summed E-state index contributed by atoms with van der Waals surface area (Å²) in [4.78, 5) is 12.4. The molecule has 164 valence electrons. The highest BCUT2D eigenvalue weighted by atomic mass is 16.5. The van der Waals surface area contributed by atoms with Crippen LogP contribution in [0.1, 0.15) is 53.3 Å².